The molecule has 3 heteroatoms. The minimum atomic E-state index is -0.546. The number of carbonyl (C=O) groups excluding carboxylic acids is 1. The first-order chi connectivity index (χ1) is 12.7. The number of aryl methyl sites for hydroxylation is 1. The second-order valence-electron chi connectivity index (χ2n) is 6.89. The molecule has 1 amide bonds. The number of amides is 1. The Kier molecular flexibility index (Phi) is 4.61. The fraction of sp³-hybridized carbons (Fsp3) is 0.261. The summed E-state index contributed by atoms with van der Waals surface area (Å²) in [5.74, 6) is 0.675. The maximum atomic E-state index is 12.7. The molecular formula is C23H23NO2. The molecule has 0 fully saturated rings. The molecule has 0 bridgehead atoms. The Balaban J connectivity index is 1.49. The topological polar surface area (TPSA) is 38.3 Å². The van der Waals surface area contributed by atoms with Gasteiger partial charge in [0.25, 0.3) is 5.91 Å². The third kappa shape index (κ3) is 3.30. The van der Waals surface area contributed by atoms with Gasteiger partial charge in [0, 0.05) is 5.39 Å². The second kappa shape index (κ2) is 7.20. The minimum Gasteiger partial charge on any atom is -0.480 e. The molecular weight excluding hydrogens is 322 g/mol. The van der Waals surface area contributed by atoms with Gasteiger partial charge in [0.05, 0.1) is 6.04 Å². The minimum absolute atomic E-state index is 0.0698. The maximum Gasteiger partial charge on any atom is 0.261 e. The Morgan fingerprint density at radius 1 is 1.04 bits per heavy atom. The molecule has 0 saturated carbocycles. The van der Waals surface area contributed by atoms with Crippen molar-refractivity contribution in [3.63, 3.8) is 0 Å². The molecule has 3 nitrogen and oxygen atoms in total. The van der Waals surface area contributed by atoms with Crippen LogP contribution in [0.1, 0.15) is 36.9 Å². The molecule has 0 unspecified atom stereocenters. The van der Waals surface area contributed by atoms with Crippen molar-refractivity contribution in [2.75, 3.05) is 0 Å². The fourth-order valence-electron chi connectivity index (χ4n) is 3.74. The van der Waals surface area contributed by atoms with E-state index in [-0.39, 0.29) is 11.9 Å². The molecule has 1 aliphatic rings. The van der Waals surface area contributed by atoms with Crippen LogP contribution in [0, 0.1) is 0 Å². The normalized spacial score (nSPS) is 17.3. The van der Waals surface area contributed by atoms with E-state index in [9.17, 15) is 4.79 Å². The van der Waals surface area contributed by atoms with Gasteiger partial charge in [0.1, 0.15) is 5.75 Å². The van der Waals surface area contributed by atoms with Crippen molar-refractivity contribution in [2.24, 2.45) is 0 Å². The standard InChI is InChI=1S/C23H23NO2/c1-16(26-22-15-7-11-18-9-3-5-13-20(18)22)23(25)24-21-14-6-10-17-8-2-4-12-19(17)21/h2-5,7-9,11-13,15-16,21H,6,10,14H2,1H3,(H,24,25)/t16-,21-/m0/s1. The van der Waals surface area contributed by atoms with Crippen LogP contribution in [0.2, 0.25) is 0 Å². The smallest absolute Gasteiger partial charge is 0.261 e. The van der Waals surface area contributed by atoms with Crippen molar-refractivity contribution in [3.8, 4) is 5.75 Å². The van der Waals surface area contributed by atoms with E-state index in [0.717, 1.165) is 35.8 Å². The predicted molar refractivity (Wildman–Crippen MR) is 104 cm³/mol. The fourth-order valence-corrected chi connectivity index (χ4v) is 3.74. The van der Waals surface area contributed by atoms with Gasteiger partial charge in [0.15, 0.2) is 6.10 Å². The van der Waals surface area contributed by atoms with Crippen LogP contribution in [0.25, 0.3) is 10.8 Å². The van der Waals surface area contributed by atoms with E-state index < -0.39 is 6.10 Å². The molecule has 0 heterocycles. The molecule has 26 heavy (non-hydrogen) atoms. The van der Waals surface area contributed by atoms with Crippen molar-refractivity contribution < 1.29 is 9.53 Å². The van der Waals surface area contributed by atoms with Crippen molar-refractivity contribution in [2.45, 2.75) is 38.3 Å². The number of fused-ring (bicyclic) bond motifs is 2. The number of benzene rings is 3. The van der Waals surface area contributed by atoms with Crippen molar-refractivity contribution in [3.05, 3.63) is 77.9 Å². The van der Waals surface area contributed by atoms with Crippen LogP contribution in [-0.4, -0.2) is 12.0 Å². The molecule has 1 N–H and O–H groups in total. The Morgan fingerprint density at radius 3 is 2.73 bits per heavy atom. The highest BCUT2D eigenvalue weighted by atomic mass is 16.5. The van der Waals surface area contributed by atoms with E-state index in [1.165, 1.54) is 11.1 Å². The van der Waals surface area contributed by atoms with E-state index in [1.807, 2.05) is 55.5 Å². The summed E-state index contributed by atoms with van der Waals surface area (Å²) >= 11 is 0. The molecule has 0 saturated heterocycles. The van der Waals surface area contributed by atoms with Crippen LogP contribution < -0.4 is 10.1 Å². The first-order valence-corrected chi connectivity index (χ1v) is 9.25. The lowest BCUT2D eigenvalue weighted by atomic mass is 9.87. The van der Waals surface area contributed by atoms with Crippen LogP contribution >= 0.6 is 0 Å². The van der Waals surface area contributed by atoms with Gasteiger partial charge < -0.3 is 10.1 Å². The summed E-state index contributed by atoms with van der Waals surface area (Å²) in [6.07, 6.45) is 2.62. The molecule has 0 spiro atoms. The van der Waals surface area contributed by atoms with E-state index in [0.29, 0.717) is 0 Å². The zero-order valence-electron chi connectivity index (χ0n) is 14.9. The summed E-state index contributed by atoms with van der Waals surface area (Å²) < 4.78 is 6.01. The summed E-state index contributed by atoms with van der Waals surface area (Å²) in [6, 6.07) is 22.4. The Bertz CT molecular complexity index is 929. The van der Waals surface area contributed by atoms with Crippen molar-refractivity contribution in [1.82, 2.24) is 5.32 Å². The van der Waals surface area contributed by atoms with E-state index in [1.54, 1.807) is 0 Å². The maximum absolute atomic E-state index is 12.7. The Hall–Kier alpha value is -2.81. The van der Waals surface area contributed by atoms with Crippen molar-refractivity contribution in [1.29, 1.82) is 0 Å². The SMILES string of the molecule is C[C@H](Oc1cccc2ccccc12)C(=O)N[C@H]1CCCc2ccccc21. The third-order valence-corrected chi connectivity index (χ3v) is 5.11. The summed E-state index contributed by atoms with van der Waals surface area (Å²) in [6.45, 7) is 1.81. The summed E-state index contributed by atoms with van der Waals surface area (Å²) in [5.41, 5.74) is 2.58. The van der Waals surface area contributed by atoms with Gasteiger partial charge in [-0.3, -0.25) is 4.79 Å². The molecule has 0 aliphatic heterocycles. The Morgan fingerprint density at radius 2 is 1.81 bits per heavy atom. The molecule has 132 valence electrons. The van der Waals surface area contributed by atoms with Gasteiger partial charge in [-0.2, -0.15) is 0 Å². The van der Waals surface area contributed by atoms with E-state index >= 15 is 0 Å². The van der Waals surface area contributed by atoms with Gasteiger partial charge in [-0.1, -0.05) is 60.7 Å². The molecule has 4 rings (SSSR count). The number of rotatable bonds is 4. The number of carbonyl (C=O) groups is 1. The third-order valence-electron chi connectivity index (χ3n) is 5.11. The van der Waals surface area contributed by atoms with Crippen LogP contribution in [0.15, 0.2) is 66.7 Å². The van der Waals surface area contributed by atoms with Gasteiger partial charge >= 0.3 is 0 Å². The largest absolute Gasteiger partial charge is 0.480 e. The quantitative estimate of drug-likeness (QED) is 0.737. The lowest BCUT2D eigenvalue weighted by Gasteiger charge is -2.27. The molecule has 0 radical (unpaired) electrons. The first-order valence-electron chi connectivity index (χ1n) is 9.25. The molecule has 3 aromatic carbocycles. The van der Waals surface area contributed by atoms with E-state index in [4.69, 9.17) is 4.74 Å². The summed E-state index contributed by atoms with van der Waals surface area (Å²) in [7, 11) is 0. The zero-order chi connectivity index (χ0) is 17.9. The van der Waals surface area contributed by atoms with Crippen molar-refractivity contribution >= 4 is 16.7 Å². The highest BCUT2D eigenvalue weighted by molar-refractivity contribution is 5.89. The molecule has 3 aromatic rings. The average Bonchev–Trinajstić information content (AvgIpc) is 2.68. The van der Waals surface area contributed by atoms with Crippen LogP contribution in [-0.2, 0) is 11.2 Å². The summed E-state index contributed by atoms with van der Waals surface area (Å²) in [5, 5.41) is 5.31. The Labute approximate surface area is 154 Å². The molecule has 1 aliphatic carbocycles. The lowest BCUT2D eigenvalue weighted by Crippen LogP contribution is -2.39. The van der Waals surface area contributed by atoms with Crippen LogP contribution in [0.5, 0.6) is 5.75 Å². The predicted octanol–water partition coefficient (Wildman–Crippen LogP) is 4.80. The summed E-state index contributed by atoms with van der Waals surface area (Å²) in [4.78, 5) is 12.7. The highest BCUT2D eigenvalue weighted by Gasteiger charge is 2.24. The lowest BCUT2D eigenvalue weighted by molar-refractivity contribution is -0.128. The number of hydrogen-bond acceptors (Lipinski definition) is 2. The van der Waals surface area contributed by atoms with Gasteiger partial charge in [-0.05, 0) is 48.8 Å². The second-order valence-corrected chi connectivity index (χ2v) is 6.89. The van der Waals surface area contributed by atoms with Gasteiger partial charge in [-0.25, -0.2) is 0 Å². The molecule has 2 atom stereocenters. The van der Waals surface area contributed by atoms with Crippen LogP contribution in [0.4, 0.5) is 0 Å². The number of ether oxygens (including phenoxy) is 1. The molecule has 0 aromatic heterocycles. The number of nitrogens with one attached hydrogen (secondary N) is 1. The monoisotopic (exact) mass is 345 g/mol. The van der Waals surface area contributed by atoms with Gasteiger partial charge in [0.2, 0.25) is 0 Å². The first kappa shape index (κ1) is 16.6. The van der Waals surface area contributed by atoms with E-state index in [2.05, 4.69) is 23.5 Å². The van der Waals surface area contributed by atoms with Gasteiger partial charge in [-0.15, -0.1) is 0 Å². The average molecular weight is 345 g/mol. The van der Waals surface area contributed by atoms with Crippen LogP contribution in [0.3, 0.4) is 0 Å². The number of hydrogen-bond donors (Lipinski definition) is 1. The zero-order valence-corrected chi connectivity index (χ0v) is 14.9. The highest BCUT2D eigenvalue weighted by Crippen LogP contribution is 2.30.